The molecule has 0 aliphatic heterocycles. The third kappa shape index (κ3) is 4.44. The normalized spacial score (nSPS) is 12.5. The van der Waals surface area contributed by atoms with Gasteiger partial charge < -0.3 is 10.4 Å². The van der Waals surface area contributed by atoms with Crippen LogP contribution in [0.15, 0.2) is 18.2 Å². The van der Waals surface area contributed by atoms with Gasteiger partial charge in [0.1, 0.15) is 6.04 Å². The van der Waals surface area contributed by atoms with Gasteiger partial charge in [-0.3, -0.25) is 0 Å². The molecule has 0 spiro atoms. The van der Waals surface area contributed by atoms with E-state index >= 15 is 0 Å². The summed E-state index contributed by atoms with van der Waals surface area (Å²) < 4.78 is 0. The summed E-state index contributed by atoms with van der Waals surface area (Å²) in [5.74, 6) is -0.573. The van der Waals surface area contributed by atoms with Crippen molar-refractivity contribution in [3.8, 4) is 0 Å². The van der Waals surface area contributed by atoms with Gasteiger partial charge in [-0.25, -0.2) is 4.79 Å². The summed E-state index contributed by atoms with van der Waals surface area (Å²) in [6.45, 7) is 3.96. The van der Waals surface area contributed by atoms with Crippen LogP contribution in [0.2, 0.25) is 10.0 Å². The third-order valence-electron chi connectivity index (χ3n) is 2.27. The van der Waals surface area contributed by atoms with E-state index in [4.69, 9.17) is 28.3 Å². The molecule has 2 N–H and O–H groups in total. The van der Waals surface area contributed by atoms with E-state index < -0.39 is 12.0 Å². The van der Waals surface area contributed by atoms with E-state index in [1.807, 2.05) is 13.8 Å². The van der Waals surface area contributed by atoms with Crippen molar-refractivity contribution in [1.29, 1.82) is 0 Å². The molecule has 0 saturated heterocycles. The second kappa shape index (κ2) is 6.12. The highest BCUT2D eigenvalue weighted by atomic mass is 35.5. The molecule has 5 heteroatoms. The molecule has 0 aliphatic carbocycles. The summed E-state index contributed by atoms with van der Waals surface area (Å²) in [5.41, 5.74) is 0.660. The van der Waals surface area contributed by atoms with Gasteiger partial charge in [-0.1, -0.05) is 37.0 Å². The van der Waals surface area contributed by atoms with Crippen molar-refractivity contribution >= 4 is 34.9 Å². The number of hydrogen-bond acceptors (Lipinski definition) is 2. The van der Waals surface area contributed by atoms with E-state index in [-0.39, 0.29) is 0 Å². The molecule has 94 valence electrons. The van der Waals surface area contributed by atoms with Crippen LogP contribution < -0.4 is 5.32 Å². The largest absolute Gasteiger partial charge is 0.480 e. The lowest BCUT2D eigenvalue weighted by Gasteiger charge is -2.17. The molecule has 0 amide bonds. The van der Waals surface area contributed by atoms with Crippen molar-refractivity contribution in [2.75, 3.05) is 5.32 Å². The van der Waals surface area contributed by atoms with E-state index in [0.29, 0.717) is 28.1 Å². The van der Waals surface area contributed by atoms with Gasteiger partial charge in [-0.2, -0.15) is 0 Å². The SMILES string of the molecule is CC(C)CC(Nc1ccc(Cl)c(Cl)c1)C(=O)O. The van der Waals surface area contributed by atoms with Gasteiger partial charge in [0.05, 0.1) is 10.0 Å². The first-order valence-corrected chi connectivity index (χ1v) is 6.10. The lowest BCUT2D eigenvalue weighted by Crippen LogP contribution is -2.30. The molecule has 0 bridgehead atoms. The third-order valence-corrected chi connectivity index (χ3v) is 3.00. The fourth-order valence-corrected chi connectivity index (χ4v) is 1.78. The van der Waals surface area contributed by atoms with Crippen LogP contribution in [0.25, 0.3) is 0 Å². The maximum Gasteiger partial charge on any atom is 0.326 e. The van der Waals surface area contributed by atoms with Crippen LogP contribution in [0.5, 0.6) is 0 Å². The monoisotopic (exact) mass is 275 g/mol. The topological polar surface area (TPSA) is 49.3 Å². The van der Waals surface area contributed by atoms with Crippen LogP contribution in [0, 0.1) is 5.92 Å². The summed E-state index contributed by atoms with van der Waals surface area (Å²) in [7, 11) is 0. The van der Waals surface area contributed by atoms with Crippen LogP contribution in [-0.4, -0.2) is 17.1 Å². The molecule has 1 atom stereocenters. The summed E-state index contributed by atoms with van der Waals surface area (Å²) in [5, 5.41) is 12.9. The Morgan fingerprint density at radius 1 is 1.35 bits per heavy atom. The lowest BCUT2D eigenvalue weighted by molar-refractivity contribution is -0.138. The fraction of sp³-hybridized carbons (Fsp3) is 0.417. The molecule has 1 unspecified atom stereocenters. The first-order valence-electron chi connectivity index (χ1n) is 5.34. The maximum absolute atomic E-state index is 11.1. The molecule has 0 heterocycles. The Morgan fingerprint density at radius 2 is 2.00 bits per heavy atom. The smallest absolute Gasteiger partial charge is 0.326 e. The second-order valence-electron chi connectivity index (χ2n) is 4.29. The molecule has 1 aromatic carbocycles. The first-order chi connectivity index (χ1) is 7.90. The molecule has 0 radical (unpaired) electrons. The number of aliphatic carboxylic acids is 1. The molecule has 0 fully saturated rings. The van der Waals surface area contributed by atoms with Crippen LogP contribution >= 0.6 is 23.2 Å². The minimum Gasteiger partial charge on any atom is -0.480 e. The predicted molar refractivity (Wildman–Crippen MR) is 71.0 cm³/mol. The molecule has 1 aromatic rings. The number of nitrogens with one attached hydrogen (secondary N) is 1. The molecule has 0 aromatic heterocycles. The zero-order valence-electron chi connectivity index (χ0n) is 9.71. The Labute approximate surface area is 111 Å². The van der Waals surface area contributed by atoms with E-state index in [2.05, 4.69) is 5.32 Å². The molecule has 17 heavy (non-hydrogen) atoms. The van der Waals surface area contributed by atoms with Gasteiger partial charge in [0.2, 0.25) is 0 Å². The predicted octanol–water partition coefficient (Wildman–Crippen LogP) is 3.90. The summed E-state index contributed by atoms with van der Waals surface area (Å²) in [6.07, 6.45) is 0.551. The Balaban J connectivity index is 2.78. The molecule has 0 saturated carbocycles. The van der Waals surface area contributed by atoms with Crippen molar-refractivity contribution in [3.05, 3.63) is 28.2 Å². The highest BCUT2D eigenvalue weighted by molar-refractivity contribution is 6.42. The summed E-state index contributed by atoms with van der Waals surface area (Å²) in [4.78, 5) is 11.1. The molecule has 1 rings (SSSR count). The van der Waals surface area contributed by atoms with E-state index in [0.717, 1.165) is 0 Å². The second-order valence-corrected chi connectivity index (χ2v) is 5.11. The summed E-state index contributed by atoms with van der Waals surface area (Å²) in [6, 6.07) is 4.36. The lowest BCUT2D eigenvalue weighted by atomic mass is 10.0. The zero-order valence-corrected chi connectivity index (χ0v) is 11.2. The number of carbonyl (C=O) groups is 1. The number of carboxylic acids is 1. The van der Waals surface area contributed by atoms with Crippen molar-refractivity contribution in [3.63, 3.8) is 0 Å². The quantitative estimate of drug-likeness (QED) is 0.857. The molecule has 3 nitrogen and oxygen atoms in total. The van der Waals surface area contributed by atoms with Crippen LogP contribution in [-0.2, 0) is 4.79 Å². The Hall–Kier alpha value is -0.930. The van der Waals surface area contributed by atoms with Crippen LogP contribution in [0.4, 0.5) is 5.69 Å². The fourth-order valence-electron chi connectivity index (χ4n) is 1.48. The average molecular weight is 276 g/mol. The Bertz CT molecular complexity index is 407. The van der Waals surface area contributed by atoms with Crippen molar-refractivity contribution in [2.24, 2.45) is 5.92 Å². The number of hydrogen-bond donors (Lipinski definition) is 2. The zero-order chi connectivity index (χ0) is 13.0. The van der Waals surface area contributed by atoms with Gasteiger partial charge in [-0.15, -0.1) is 0 Å². The standard InChI is InChI=1S/C12H15Cl2NO2/c1-7(2)5-11(12(16)17)15-8-3-4-9(13)10(14)6-8/h3-4,6-7,11,15H,5H2,1-2H3,(H,16,17). The number of benzene rings is 1. The van der Waals surface area contributed by atoms with Crippen LogP contribution in [0.1, 0.15) is 20.3 Å². The van der Waals surface area contributed by atoms with Crippen molar-refractivity contribution in [1.82, 2.24) is 0 Å². The minimum absolute atomic E-state index is 0.298. The average Bonchev–Trinajstić information content (AvgIpc) is 2.21. The number of rotatable bonds is 5. The summed E-state index contributed by atoms with van der Waals surface area (Å²) >= 11 is 11.7. The molecular formula is C12H15Cl2NO2. The van der Waals surface area contributed by atoms with Crippen molar-refractivity contribution in [2.45, 2.75) is 26.3 Å². The first kappa shape index (κ1) is 14.1. The Kier molecular flexibility index (Phi) is 5.09. The Morgan fingerprint density at radius 3 is 2.47 bits per heavy atom. The van der Waals surface area contributed by atoms with E-state index in [1.54, 1.807) is 18.2 Å². The van der Waals surface area contributed by atoms with E-state index in [1.165, 1.54) is 0 Å². The highest BCUT2D eigenvalue weighted by Gasteiger charge is 2.18. The van der Waals surface area contributed by atoms with E-state index in [9.17, 15) is 4.79 Å². The van der Waals surface area contributed by atoms with Crippen molar-refractivity contribution < 1.29 is 9.90 Å². The van der Waals surface area contributed by atoms with Gasteiger partial charge in [0.25, 0.3) is 0 Å². The minimum atomic E-state index is -0.871. The molecule has 0 aliphatic rings. The number of anilines is 1. The van der Waals surface area contributed by atoms with Crippen LogP contribution in [0.3, 0.4) is 0 Å². The molecular weight excluding hydrogens is 261 g/mol. The maximum atomic E-state index is 11.1. The van der Waals surface area contributed by atoms with Gasteiger partial charge in [0, 0.05) is 5.69 Å². The highest BCUT2D eigenvalue weighted by Crippen LogP contribution is 2.25. The van der Waals surface area contributed by atoms with Gasteiger partial charge in [0.15, 0.2) is 0 Å². The number of halogens is 2. The van der Waals surface area contributed by atoms with Gasteiger partial charge >= 0.3 is 5.97 Å². The number of carboxylic acid groups (broad SMARTS) is 1. The van der Waals surface area contributed by atoms with Gasteiger partial charge in [-0.05, 0) is 30.5 Å².